The Bertz CT molecular complexity index is 485. The molecule has 0 spiro atoms. The third-order valence-electron chi connectivity index (χ3n) is 4.21. The molecule has 1 aliphatic heterocycles. The van der Waals surface area contributed by atoms with Crippen molar-refractivity contribution in [1.29, 1.82) is 0 Å². The maximum absolute atomic E-state index is 12.5. The van der Waals surface area contributed by atoms with Crippen molar-refractivity contribution in [2.24, 2.45) is 5.92 Å². The van der Waals surface area contributed by atoms with Gasteiger partial charge in [-0.05, 0) is 56.5 Å². The third-order valence-corrected chi connectivity index (χ3v) is 4.21. The number of methoxy groups -OCH3 is 1. The summed E-state index contributed by atoms with van der Waals surface area (Å²) in [4.78, 5) is 14.3. The lowest BCUT2D eigenvalue weighted by Crippen LogP contribution is -2.38. The zero-order chi connectivity index (χ0) is 15.4. The van der Waals surface area contributed by atoms with Gasteiger partial charge in [-0.2, -0.15) is 0 Å². The van der Waals surface area contributed by atoms with E-state index in [0.29, 0.717) is 6.54 Å². The lowest BCUT2D eigenvalue weighted by Gasteiger charge is -2.27. The predicted octanol–water partition coefficient (Wildman–Crippen LogP) is 2.27. The van der Waals surface area contributed by atoms with Crippen molar-refractivity contribution in [2.75, 3.05) is 27.2 Å². The zero-order valence-corrected chi connectivity index (χ0v) is 13.5. The summed E-state index contributed by atoms with van der Waals surface area (Å²) in [5.41, 5.74) is 3.40. The van der Waals surface area contributed by atoms with Crippen molar-refractivity contribution in [1.82, 2.24) is 10.2 Å². The average Bonchev–Trinajstić information content (AvgIpc) is 2.47. The summed E-state index contributed by atoms with van der Waals surface area (Å²) in [6.07, 6.45) is 1.90. The molecule has 1 N–H and O–H groups in total. The monoisotopic (exact) mass is 290 g/mol. The molecule has 1 aliphatic rings. The highest BCUT2D eigenvalue weighted by atomic mass is 16.5. The fraction of sp³-hybridized carbons (Fsp3) is 0.588. The molecule has 1 aromatic carbocycles. The normalized spacial score (nSPS) is 15.8. The summed E-state index contributed by atoms with van der Waals surface area (Å²) in [7, 11) is 3.60. The average molecular weight is 290 g/mol. The molecule has 0 atom stereocenters. The first-order chi connectivity index (χ1) is 10.0. The van der Waals surface area contributed by atoms with Crippen LogP contribution in [0.2, 0.25) is 0 Å². The van der Waals surface area contributed by atoms with E-state index in [4.69, 9.17) is 4.74 Å². The van der Waals surface area contributed by atoms with E-state index >= 15 is 0 Å². The van der Waals surface area contributed by atoms with Gasteiger partial charge in [-0.1, -0.05) is 12.1 Å². The molecule has 0 saturated carbocycles. The Morgan fingerprint density at radius 2 is 1.86 bits per heavy atom. The van der Waals surface area contributed by atoms with Gasteiger partial charge in [-0.25, -0.2) is 0 Å². The molecule has 0 aliphatic carbocycles. The molecule has 116 valence electrons. The quantitative estimate of drug-likeness (QED) is 0.925. The van der Waals surface area contributed by atoms with E-state index < -0.39 is 0 Å². The summed E-state index contributed by atoms with van der Waals surface area (Å²) in [6.45, 7) is 6.65. The molecule has 0 unspecified atom stereocenters. The number of carbonyl (C=O) groups is 1. The number of carbonyl (C=O) groups excluding carboxylic acids is 1. The smallest absolute Gasteiger partial charge is 0.225 e. The van der Waals surface area contributed by atoms with Gasteiger partial charge < -0.3 is 15.0 Å². The summed E-state index contributed by atoms with van der Waals surface area (Å²) in [5, 5.41) is 3.30. The molecule has 1 fully saturated rings. The summed E-state index contributed by atoms with van der Waals surface area (Å²) in [6, 6.07) is 4.22. The number of amides is 1. The lowest BCUT2D eigenvalue weighted by atomic mass is 9.96. The maximum Gasteiger partial charge on any atom is 0.225 e. The minimum atomic E-state index is 0.177. The SMILES string of the molecule is COc1c(C)cc(CN(C)C(=O)C2CCNCC2)cc1C. The molecule has 0 radical (unpaired) electrons. The molecule has 4 heteroatoms. The van der Waals surface area contributed by atoms with Gasteiger partial charge in [0.25, 0.3) is 0 Å². The second-order valence-corrected chi connectivity index (χ2v) is 5.98. The van der Waals surface area contributed by atoms with Crippen LogP contribution in [-0.4, -0.2) is 38.1 Å². The van der Waals surface area contributed by atoms with Crippen LogP contribution in [-0.2, 0) is 11.3 Å². The van der Waals surface area contributed by atoms with Crippen molar-refractivity contribution < 1.29 is 9.53 Å². The number of piperidine rings is 1. The number of nitrogens with one attached hydrogen (secondary N) is 1. The van der Waals surface area contributed by atoms with E-state index in [1.54, 1.807) is 7.11 Å². The van der Waals surface area contributed by atoms with E-state index in [1.807, 2.05) is 25.8 Å². The Morgan fingerprint density at radius 3 is 2.38 bits per heavy atom. The first kappa shape index (κ1) is 15.8. The van der Waals surface area contributed by atoms with Gasteiger partial charge in [-0.3, -0.25) is 4.79 Å². The molecule has 1 aromatic rings. The van der Waals surface area contributed by atoms with Crippen molar-refractivity contribution in [2.45, 2.75) is 33.2 Å². The predicted molar refractivity (Wildman–Crippen MR) is 84.5 cm³/mol. The zero-order valence-electron chi connectivity index (χ0n) is 13.5. The molecule has 4 nitrogen and oxygen atoms in total. The second kappa shape index (κ2) is 6.94. The molecule has 1 saturated heterocycles. The van der Waals surface area contributed by atoms with Gasteiger partial charge in [0.2, 0.25) is 5.91 Å². The van der Waals surface area contributed by atoms with Crippen LogP contribution in [0.15, 0.2) is 12.1 Å². The van der Waals surface area contributed by atoms with E-state index in [0.717, 1.165) is 48.4 Å². The minimum Gasteiger partial charge on any atom is -0.496 e. The molecule has 1 amide bonds. The number of hydrogen-bond acceptors (Lipinski definition) is 3. The Kier molecular flexibility index (Phi) is 5.23. The lowest BCUT2D eigenvalue weighted by molar-refractivity contribution is -0.135. The molecule has 1 heterocycles. The van der Waals surface area contributed by atoms with Crippen molar-refractivity contribution in [3.05, 3.63) is 28.8 Å². The minimum absolute atomic E-state index is 0.177. The summed E-state index contributed by atoms with van der Waals surface area (Å²) >= 11 is 0. The van der Waals surface area contributed by atoms with Crippen molar-refractivity contribution in [3.63, 3.8) is 0 Å². The van der Waals surface area contributed by atoms with Crippen LogP contribution < -0.4 is 10.1 Å². The van der Waals surface area contributed by atoms with Gasteiger partial charge >= 0.3 is 0 Å². The fourth-order valence-electron chi connectivity index (χ4n) is 3.19. The van der Waals surface area contributed by atoms with Crippen LogP contribution in [0.5, 0.6) is 5.75 Å². The highest BCUT2D eigenvalue weighted by Crippen LogP contribution is 2.25. The first-order valence-electron chi connectivity index (χ1n) is 7.62. The topological polar surface area (TPSA) is 41.6 Å². The van der Waals surface area contributed by atoms with Crippen LogP contribution in [0.4, 0.5) is 0 Å². The summed E-state index contributed by atoms with van der Waals surface area (Å²) in [5.74, 6) is 1.38. The Morgan fingerprint density at radius 1 is 1.29 bits per heavy atom. The van der Waals surface area contributed by atoms with Crippen LogP contribution in [0, 0.1) is 19.8 Å². The molecule has 21 heavy (non-hydrogen) atoms. The largest absolute Gasteiger partial charge is 0.496 e. The number of aryl methyl sites for hydroxylation is 2. The number of ether oxygens (including phenoxy) is 1. The Labute approximate surface area is 127 Å². The van der Waals surface area contributed by atoms with E-state index in [2.05, 4.69) is 17.4 Å². The second-order valence-electron chi connectivity index (χ2n) is 5.98. The van der Waals surface area contributed by atoms with Gasteiger partial charge in [0, 0.05) is 19.5 Å². The standard InChI is InChI=1S/C17H26N2O2/c1-12-9-14(10-13(2)16(12)21-4)11-19(3)17(20)15-5-7-18-8-6-15/h9-10,15,18H,5-8,11H2,1-4H3. The first-order valence-corrected chi connectivity index (χ1v) is 7.62. The number of rotatable bonds is 4. The number of nitrogens with zero attached hydrogens (tertiary/aromatic N) is 1. The van der Waals surface area contributed by atoms with Gasteiger partial charge in [-0.15, -0.1) is 0 Å². The molecular formula is C17H26N2O2. The third kappa shape index (κ3) is 3.76. The summed E-state index contributed by atoms with van der Waals surface area (Å²) < 4.78 is 5.39. The maximum atomic E-state index is 12.5. The van der Waals surface area contributed by atoms with Gasteiger partial charge in [0.05, 0.1) is 7.11 Å². The molecular weight excluding hydrogens is 264 g/mol. The van der Waals surface area contributed by atoms with Crippen molar-refractivity contribution >= 4 is 5.91 Å². The molecule has 2 rings (SSSR count). The van der Waals surface area contributed by atoms with Gasteiger partial charge in [0.1, 0.15) is 5.75 Å². The van der Waals surface area contributed by atoms with Crippen LogP contribution in [0.25, 0.3) is 0 Å². The van der Waals surface area contributed by atoms with Crippen LogP contribution in [0.1, 0.15) is 29.5 Å². The van der Waals surface area contributed by atoms with E-state index in [-0.39, 0.29) is 11.8 Å². The number of benzene rings is 1. The fourth-order valence-corrected chi connectivity index (χ4v) is 3.19. The Hall–Kier alpha value is -1.55. The van der Waals surface area contributed by atoms with E-state index in [1.165, 1.54) is 0 Å². The van der Waals surface area contributed by atoms with Crippen LogP contribution >= 0.6 is 0 Å². The molecule has 0 aromatic heterocycles. The molecule has 0 bridgehead atoms. The highest BCUT2D eigenvalue weighted by molar-refractivity contribution is 5.78. The Balaban J connectivity index is 2.05. The van der Waals surface area contributed by atoms with E-state index in [9.17, 15) is 4.79 Å². The highest BCUT2D eigenvalue weighted by Gasteiger charge is 2.24. The van der Waals surface area contributed by atoms with Crippen molar-refractivity contribution in [3.8, 4) is 5.75 Å². The van der Waals surface area contributed by atoms with Gasteiger partial charge in [0.15, 0.2) is 0 Å². The van der Waals surface area contributed by atoms with Crippen LogP contribution in [0.3, 0.4) is 0 Å². The number of hydrogen-bond donors (Lipinski definition) is 1.